The van der Waals surface area contributed by atoms with Crippen LogP contribution in [0.2, 0.25) is 5.02 Å². The molecule has 0 atom stereocenters. The van der Waals surface area contributed by atoms with Crippen molar-refractivity contribution >= 4 is 27.3 Å². The summed E-state index contributed by atoms with van der Waals surface area (Å²) in [4.78, 5) is 0.190. The van der Waals surface area contributed by atoms with E-state index in [1.54, 1.807) is 24.3 Å². The number of sulfonamides is 1. The number of hydrogen-bond acceptors (Lipinski definition) is 4. The first-order valence-electron chi connectivity index (χ1n) is 7.20. The third kappa shape index (κ3) is 5.04. The van der Waals surface area contributed by atoms with Crippen molar-refractivity contribution in [3.05, 3.63) is 53.1 Å². The fourth-order valence-corrected chi connectivity index (χ4v) is 3.23. The summed E-state index contributed by atoms with van der Waals surface area (Å²) in [6, 6.07) is 10.9. The molecule has 25 heavy (non-hydrogen) atoms. The molecule has 1 N–H and O–H groups in total. The number of ether oxygens (including phenoxy) is 1. The van der Waals surface area contributed by atoms with Gasteiger partial charge in [0.2, 0.25) is 10.0 Å². The second-order valence-electron chi connectivity index (χ2n) is 5.31. The fourth-order valence-electron chi connectivity index (χ4n) is 2.03. The minimum absolute atomic E-state index is 0.0502. The molecule has 5 nitrogen and oxygen atoms in total. The van der Waals surface area contributed by atoms with Crippen LogP contribution in [0.5, 0.6) is 5.75 Å². The number of nitrogens with one attached hydrogen (secondary N) is 1. The largest absolute Gasteiger partial charge is 0.433 e. The Hall–Kier alpha value is -1.90. The van der Waals surface area contributed by atoms with Gasteiger partial charge in [-0.15, -0.1) is 0 Å². The second kappa shape index (κ2) is 7.99. The molecule has 0 saturated carbocycles. The minimum Gasteiger partial charge on any atom is -0.433 e. The molecule has 0 aliphatic rings. The van der Waals surface area contributed by atoms with E-state index in [2.05, 4.69) is 10.1 Å². The normalized spacial score (nSPS) is 11.8. The van der Waals surface area contributed by atoms with Gasteiger partial charge in [0.05, 0.1) is 9.92 Å². The molecule has 136 valence electrons. The smallest absolute Gasteiger partial charge is 0.387 e. The molecule has 0 radical (unpaired) electrons. The Morgan fingerprint density at radius 1 is 1.20 bits per heavy atom. The van der Waals surface area contributed by atoms with Gasteiger partial charge in [-0.3, -0.25) is 0 Å². The summed E-state index contributed by atoms with van der Waals surface area (Å²) in [6.07, 6.45) is 0. The number of rotatable bonds is 7. The van der Waals surface area contributed by atoms with E-state index in [1.807, 2.05) is 0 Å². The van der Waals surface area contributed by atoms with Crippen molar-refractivity contribution in [2.75, 3.05) is 19.4 Å². The van der Waals surface area contributed by atoms with Gasteiger partial charge in [0, 0.05) is 26.3 Å². The van der Waals surface area contributed by atoms with Gasteiger partial charge in [-0.1, -0.05) is 23.7 Å². The van der Waals surface area contributed by atoms with Crippen LogP contribution in [-0.2, 0) is 16.6 Å². The van der Waals surface area contributed by atoms with Crippen LogP contribution in [-0.4, -0.2) is 33.4 Å². The topological polar surface area (TPSA) is 58.6 Å². The molecule has 0 aliphatic carbocycles. The fraction of sp³-hybridized carbons (Fsp3) is 0.250. The van der Waals surface area contributed by atoms with Gasteiger partial charge in [-0.05, 0) is 35.9 Å². The van der Waals surface area contributed by atoms with Crippen molar-refractivity contribution < 1.29 is 21.9 Å². The van der Waals surface area contributed by atoms with Crippen molar-refractivity contribution in [1.29, 1.82) is 0 Å². The Morgan fingerprint density at radius 3 is 2.52 bits per heavy atom. The van der Waals surface area contributed by atoms with Gasteiger partial charge in [-0.2, -0.15) is 8.78 Å². The van der Waals surface area contributed by atoms with Gasteiger partial charge in [0.15, 0.2) is 0 Å². The molecule has 2 rings (SSSR count). The maximum Gasteiger partial charge on any atom is 0.387 e. The summed E-state index contributed by atoms with van der Waals surface area (Å²) >= 11 is 5.89. The number of halogens is 3. The Labute approximate surface area is 150 Å². The lowest BCUT2D eigenvalue weighted by Crippen LogP contribution is -2.22. The molecule has 2 aromatic rings. The van der Waals surface area contributed by atoms with Crippen molar-refractivity contribution in [2.45, 2.75) is 18.1 Å². The van der Waals surface area contributed by atoms with Crippen molar-refractivity contribution in [3.8, 4) is 5.75 Å². The van der Waals surface area contributed by atoms with Crippen LogP contribution in [0.15, 0.2) is 47.4 Å². The number of hydrogen-bond donors (Lipinski definition) is 1. The first kappa shape index (κ1) is 19.4. The average Bonchev–Trinajstić information content (AvgIpc) is 2.55. The molecule has 0 amide bonds. The van der Waals surface area contributed by atoms with Gasteiger partial charge >= 0.3 is 6.61 Å². The number of alkyl halides is 2. The summed E-state index contributed by atoms with van der Waals surface area (Å²) in [6.45, 7) is -2.61. The predicted octanol–water partition coefficient (Wildman–Crippen LogP) is 3.80. The van der Waals surface area contributed by atoms with Crippen LogP contribution in [0.4, 0.5) is 14.5 Å². The Kier molecular flexibility index (Phi) is 6.21. The monoisotopic (exact) mass is 390 g/mol. The van der Waals surface area contributed by atoms with Gasteiger partial charge in [-0.25, -0.2) is 12.7 Å². The minimum atomic E-state index is -3.51. The maximum absolute atomic E-state index is 12.2. The molecule has 0 aliphatic heterocycles. The van der Waals surface area contributed by atoms with E-state index in [1.165, 1.54) is 32.3 Å². The highest BCUT2D eigenvalue weighted by atomic mass is 35.5. The summed E-state index contributed by atoms with van der Waals surface area (Å²) < 4.78 is 54.1. The van der Waals surface area contributed by atoms with Crippen LogP contribution in [0.1, 0.15) is 5.56 Å². The van der Waals surface area contributed by atoms with Crippen LogP contribution >= 0.6 is 11.6 Å². The maximum atomic E-state index is 12.2. The van der Waals surface area contributed by atoms with E-state index in [4.69, 9.17) is 11.6 Å². The first-order valence-corrected chi connectivity index (χ1v) is 9.01. The van der Waals surface area contributed by atoms with E-state index in [9.17, 15) is 17.2 Å². The number of anilines is 1. The quantitative estimate of drug-likeness (QED) is 0.781. The van der Waals surface area contributed by atoms with Crippen LogP contribution < -0.4 is 10.1 Å². The second-order valence-corrected chi connectivity index (χ2v) is 7.87. The molecule has 2 aromatic carbocycles. The van der Waals surface area contributed by atoms with Crippen molar-refractivity contribution in [1.82, 2.24) is 4.31 Å². The van der Waals surface area contributed by atoms with Crippen LogP contribution in [0.25, 0.3) is 0 Å². The van der Waals surface area contributed by atoms with Gasteiger partial charge in [0.25, 0.3) is 0 Å². The third-order valence-electron chi connectivity index (χ3n) is 3.32. The predicted molar refractivity (Wildman–Crippen MR) is 92.7 cm³/mol. The van der Waals surface area contributed by atoms with Gasteiger partial charge < -0.3 is 10.1 Å². The van der Waals surface area contributed by atoms with E-state index < -0.39 is 16.6 Å². The number of benzene rings is 2. The molecular formula is C16H17ClF2N2O3S. The summed E-state index contributed by atoms with van der Waals surface area (Å²) in [5.74, 6) is -0.110. The Bertz CT molecular complexity index is 845. The van der Waals surface area contributed by atoms with E-state index in [0.717, 1.165) is 9.87 Å². The van der Waals surface area contributed by atoms with Crippen molar-refractivity contribution in [2.24, 2.45) is 0 Å². The summed E-state index contributed by atoms with van der Waals surface area (Å²) in [7, 11) is -0.582. The van der Waals surface area contributed by atoms with Crippen molar-refractivity contribution in [3.63, 3.8) is 0 Å². The highest BCUT2D eigenvalue weighted by Crippen LogP contribution is 2.29. The highest BCUT2D eigenvalue weighted by molar-refractivity contribution is 7.89. The molecule has 0 spiro atoms. The first-order chi connectivity index (χ1) is 11.7. The Balaban J connectivity index is 2.11. The van der Waals surface area contributed by atoms with E-state index >= 15 is 0 Å². The molecule has 0 heterocycles. The molecule has 0 fully saturated rings. The molecular weight excluding hydrogens is 374 g/mol. The molecule has 0 bridgehead atoms. The standard InChI is InChI=1S/C16H17ClF2N2O3S/c1-21(2)25(22,23)13-5-3-4-11(8-13)10-20-12-6-7-15(14(17)9-12)24-16(18)19/h3-9,16,20H,10H2,1-2H3. The Morgan fingerprint density at radius 2 is 1.92 bits per heavy atom. The number of nitrogens with zero attached hydrogens (tertiary/aromatic N) is 1. The zero-order valence-corrected chi connectivity index (χ0v) is 15.1. The SMILES string of the molecule is CN(C)S(=O)(=O)c1cccc(CNc2ccc(OC(F)F)c(Cl)c2)c1. The molecule has 9 heteroatoms. The van der Waals surface area contributed by atoms with Crippen LogP contribution in [0, 0.1) is 0 Å². The molecule has 0 unspecified atom stereocenters. The molecule has 0 saturated heterocycles. The highest BCUT2D eigenvalue weighted by Gasteiger charge is 2.17. The molecule has 0 aromatic heterocycles. The van der Waals surface area contributed by atoms with E-state index in [0.29, 0.717) is 12.2 Å². The van der Waals surface area contributed by atoms with E-state index in [-0.39, 0.29) is 15.7 Å². The van der Waals surface area contributed by atoms with Crippen LogP contribution in [0.3, 0.4) is 0 Å². The lowest BCUT2D eigenvalue weighted by atomic mass is 10.2. The lowest BCUT2D eigenvalue weighted by molar-refractivity contribution is -0.0497. The third-order valence-corrected chi connectivity index (χ3v) is 5.43. The zero-order valence-electron chi connectivity index (χ0n) is 13.5. The lowest BCUT2D eigenvalue weighted by Gasteiger charge is -2.13. The summed E-state index contributed by atoms with van der Waals surface area (Å²) in [5, 5.41) is 3.10. The summed E-state index contributed by atoms with van der Waals surface area (Å²) in [5.41, 5.74) is 1.33. The zero-order chi connectivity index (χ0) is 18.6. The van der Waals surface area contributed by atoms with Gasteiger partial charge in [0.1, 0.15) is 5.75 Å². The average molecular weight is 391 g/mol.